The van der Waals surface area contributed by atoms with E-state index in [-0.39, 0.29) is 0 Å². The Kier molecular flexibility index (Phi) is 5.86. The summed E-state index contributed by atoms with van der Waals surface area (Å²) in [5.41, 5.74) is 0. The molecule has 9 heavy (non-hydrogen) atoms. The first-order valence-electron chi connectivity index (χ1n) is 2.82. The second kappa shape index (κ2) is 5.97. The maximum absolute atomic E-state index is 7.67. The summed E-state index contributed by atoms with van der Waals surface area (Å²) in [7, 11) is 0. The molecule has 0 saturated carbocycles. The molecular formula is C5H12O4. The number of aliphatic hydroxyl groups excluding tert-OH is 2. The van der Waals surface area contributed by atoms with E-state index in [1.165, 1.54) is 6.42 Å². The molecule has 0 bridgehead atoms. The summed E-state index contributed by atoms with van der Waals surface area (Å²) in [5, 5.41) is 23.0. The van der Waals surface area contributed by atoms with Crippen LogP contribution >= 0.6 is 0 Å². The number of aliphatic hydroxyl groups is 3. The van der Waals surface area contributed by atoms with Crippen LogP contribution in [0.3, 0.4) is 0 Å². The third-order valence-corrected chi connectivity index (χ3v) is 0.741. The van der Waals surface area contributed by atoms with Crippen LogP contribution in [-0.4, -0.2) is 41.4 Å². The highest BCUT2D eigenvalue weighted by Gasteiger charge is 1.94. The first kappa shape index (κ1) is 8.84. The van der Waals surface area contributed by atoms with Gasteiger partial charge in [-0.15, -0.1) is 0 Å². The topological polar surface area (TPSA) is 69.9 Å². The fourth-order valence-electron chi connectivity index (χ4n) is 0.144. The van der Waals surface area contributed by atoms with E-state index in [9.17, 15) is 0 Å². The van der Waals surface area contributed by atoms with Crippen LogP contribution in [0.15, 0.2) is 0 Å². The van der Waals surface area contributed by atoms with Crippen molar-refractivity contribution < 1.29 is 20.1 Å². The molecule has 1 aliphatic rings. The fraction of sp³-hybridized carbons (Fsp3) is 1.00. The molecule has 56 valence electrons. The Bertz CT molecular complexity index is 46.9. The standard InChI is InChI=1S/C3H6O.C2H6O3/c1-2-4-3-1;3-1-2(4)5/h1-3H2;2-5H,1H2. The zero-order valence-corrected chi connectivity index (χ0v) is 5.16. The Labute approximate surface area is 53.7 Å². The van der Waals surface area contributed by atoms with Gasteiger partial charge in [0.15, 0.2) is 6.29 Å². The molecule has 1 heterocycles. The summed E-state index contributed by atoms with van der Waals surface area (Å²) in [6.45, 7) is 1.42. The minimum Gasteiger partial charge on any atom is -0.391 e. The zero-order chi connectivity index (χ0) is 7.11. The van der Waals surface area contributed by atoms with Crippen molar-refractivity contribution in [2.24, 2.45) is 0 Å². The lowest BCUT2D eigenvalue weighted by Crippen LogP contribution is -2.09. The number of rotatable bonds is 1. The number of hydrogen-bond acceptors (Lipinski definition) is 4. The Morgan fingerprint density at radius 2 is 1.56 bits per heavy atom. The lowest BCUT2D eigenvalue weighted by atomic mass is 10.4. The monoisotopic (exact) mass is 136 g/mol. The highest BCUT2D eigenvalue weighted by molar-refractivity contribution is 4.41. The van der Waals surface area contributed by atoms with Crippen molar-refractivity contribution in [1.82, 2.24) is 0 Å². The molecule has 3 N–H and O–H groups in total. The molecule has 0 aliphatic carbocycles. The largest absolute Gasteiger partial charge is 0.391 e. The Hall–Kier alpha value is -0.160. The van der Waals surface area contributed by atoms with E-state index >= 15 is 0 Å². The maximum Gasteiger partial charge on any atom is 0.175 e. The van der Waals surface area contributed by atoms with Crippen molar-refractivity contribution in [3.05, 3.63) is 0 Å². The molecule has 1 rings (SSSR count). The second-order valence-corrected chi connectivity index (χ2v) is 1.63. The molecular weight excluding hydrogens is 124 g/mol. The summed E-state index contributed by atoms with van der Waals surface area (Å²) < 4.78 is 4.72. The Morgan fingerprint density at radius 3 is 1.56 bits per heavy atom. The Balaban J connectivity index is 0.000000144. The molecule has 0 aromatic rings. The van der Waals surface area contributed by atoms with Crippen molar-refractivity contribution in [3.8, 4) is 0 Å². The molecule has 1 saturated heterocycles. The van der Waals surface area contributed by atoms with Gasteiger partial charge in [0.25, 0.3) is 0 Å². The van der Waals surface area contributed by atoms with E-state index < -0.39 is 12.9 Å². The van der Waals surface area contributed by atoms with Crippen LogP contribution in [0.1, 0.15) is 6.42 Å². The Morgan fingerprint density at radius 1 is 1.33 bits per heavy atom. The van der Waals surface area contributed by atoms with Crippen molar-refractivity contribution >= 4 is 0 Å². The minimum atomic E-state index is -1.56. The third-order valence-electron chi connectivity index (χ3n) is 0.741. The fourth-order valence-corrected chi connectivity index (χ4v) is 0.144. The van der Waals surface area contributed by atoms with Crippen LogP contribution in [0.2, 0.25) is 0 Å². The van der Waals surface area contributed by atoms with Crippen LogP contribution < -0.4 is 0 Å². The summed E-state index contributed by atoms with van der Waals surface area (Å²) in [6, 6.07) is 0. The van der Waals surface area contributed by atoms with Crippen molar-refractivity contribution in [1.29, 1.82) is 0 Å². The quantitative estimate of drug-likeness (QED) is 0.392. The van der Waals surface area contributed by atoms with Crippen LogP contribution in [0, 0.1) is 0 Å². The van der Waals surface area contributed by atoms with E-state index in [2.05, 4.69) is 0 Å². The summed E-state index contributed by atoms with van der Waals surface area (Å²) in [6.07, 6.45) is -0.282. The lowest BCUT2D eigenvalue weighted by molar-refractivity contribution is -0.0747. The summed E-state index contributed by atoms with van der Waals surface area (Å²) in [5.74, 6) is 0. The van der Waals surface area contributed by atoms with E-state index in [4.69, 9.17) is 20.1 Å². The van der Waals surface area contributed by atoms with Crippen LogP contribution in [-0.2, 0) is 4.74 Å². The van der Waals surface area contributed by atoms with Gasteiger partial charge < -0.3 is 20.1 Å². The van der Waals surface area contributed by atoms with E-state index in [1.807, 2.05) is 0 Å². The molecule has 4 nitrogen and oxygen atoms in total. The van der Waals surface area contributed by atoms with Gasteiger partial charge in [-0.2, -0.15) is 0 Å². The minimum absolute atomic E-state index is 0.583. The maximum atomic E-state index is 7.67. The van der Waals surface area contributed by atoms with Crippen molar-refractivity contribution in [2.75, 3.05) is 19.8 Å². The van der Waals surface area contributed by atoms with Gasteiger partial charge in [0, 0.05) is 13.2 Å². The molecule has 0 atom stereocenters. The van der Waals surface area contributed by atoms with Crippen LogP contribution in [0.5, 0.6) is 0 Å². The highest BCUT2D eigenvalue weighted by Crippen LogP contribution is 1.93. The normalized spacial score (nSPS) is 16.0. The molecule has 0 aromatic carbocycles. The molecule has 4 heteroatoms. The van der Waals surface area contributed by atoms with Gasteiger partial charge in [-0.05, 0) is 6.42 Å². The van der Waals surface area contributed by atoms with Crippen LogP contribution in [0.25, 0.3) is 0 Å². The summed E-state index contributed by atoms with van der Waals surface area (Å²) in [4.78, 5) is 0. The zero-order valence-electron chi connectivity index (χ0n) is 5.16. The van der Waals surface area contributed by atoms with Gasteiger partial charge >= 0.3 is 0 Å². The predicted octanol–water partition coefficient (Wildman–Crippen LogP) is -1.30. The van der Waals surface area contributed by atoms with Gasteiger partial charge in [-0.1, -0.05) is 0 Å². The van der Waals surface area contributed by atoms with Crippen molar-refractivity contribution in [3.63, 3.8) is 0 Å². The molecule has 0 amide bonds. The van der Waals surface area contributed by atoms with Gasteiger partial charge in [-0.25, -0.2) is 0 Å². The molecule has 1 aliphatic heterocycles. The molecule has 0 aromatic heterocycles. The highest BCUT2D eigenvalue weighted by atomic mass is 16.5. The van der Waals surface area contributed by atoms with Gasteiger partial charge in [-0.3, -0.25) is 0 Å². The second-order valence-electron chi connectivity index (χ2n) is 1.63. The van der Waals surface area contributed by atoms with Crippen molar-refractivity contribution in [2.45, 2.75) is 12.7 Å². The molecule has 0 spiro atoms. The van der Waals surface area contributed by atoms with Gasteiger partial charge in [0.05, 0.1) is 6.61 Å². The van der Waals surface area contributed by atoms with Gasteiger partial charge in [0.2, 0.25) is 0 Å². The predicted molar refractivity (Wildman–Crippen MR) is 30.7 cm³/mol. The summed E-state index contributed by atoms with van der Waals surface area (Å²) >= 11 is 0. The number of ether oxygens (including phenoxy) is 1. The molecule has 0 radical (unpaired) electrons. The first-order valence-corrected chi connectivity index (χ1v) is 2.82. The van der Waals surface area contributed by atoms with E-state index in [1.54, 1.807) is 0 Å². The average Bonchev–Trinajstić information content (AvgIpc) is 1.61. The van der Waals surface area contributed by atoms with E-state index in [0.717, 1.165) is 13.2 Å². The van der Waals surface area contributed by atoms with Crippen LogP contribution in [0.4, 0.5) is 0 Å². The SMILES string of the molecule is C1COC1.OCC(O)O. The number of hydrogen-bond donors (Lipinski definition) is 3. The average molecular weight is 136 g/mol. The lowest BCUT2D eigenvalue weighted by Gasteiger charge is -2.09. The third kappa shape index (κ3) is 7.84. The van der Waals surface area contributed by atoms with E-state index in [0.29, 0.717) is 0 Å². The molecule has 0 unspecified atom stereocenters. The first-order chi connectivity index (χ1) is 4.27. The molecule has 1 fully saturated rings. The van der Waals surface area contributed by atoms with Gasteiger partial charge in [0.1, 0.15) is 0 Å². The smallest absolute Gasteiger partial charge is 0.175 e.